The van der Waals surface area contributed by atoms with E-state index in [2.05, 4.69) is 4.90 Å². The molecule has 2 aliphatic rings. The molecule has 0 aliphatic carbocycles. The Morgan fingerprint density at radius 3 is 2.44 bits per heavy atom. The summed E-state index contributed by atoms with van der Waals surface area (Å²) in [7, 11) is 1.53. The number of piperidine rings is 1. The van der Waals surface area contributed by atoms with Gasteiger partial charge in [-0.3, -0.25) is 19.3 Å². The van der Waals surface area contributed by atoms with Gasteiger partial charge in [-0.1, -0.05) is 18.2 Å². The van der Waals surface area contributed by atoms with E-state index in [1.165, 1.54) is 13.2 Å². The number of primary amides is 1. The van der Waals surface area contributed by atoms with Crippen LogP contribution in [0.5, 0.6) is 17.2 Å². The monoisotopic (exact) mass is 611 g/mol. The van der Waals surface area contributed by atoms with Crippen molar-refractivity contribution in [2.24, 2.45) is 11.7 Å². The summed E-state index contributed by atoms with van der Waals surface area (Å²) < 4.78 is 18.6. The average Bonchev–Trinajstić information content (AvgIpc) is 3.02. The lowest BCUT2D eigenvalue weighted by Gasteiger charge is -2.42. The van der Waals surface area contributed by atoms with Crippen molar-refractivity contribution in [3.63, 3.8) is 0 Å². The van der Waals surface area contributed by atoms with Crippen molar-refractivity contribution in [1.82, 2.24) is 9.47 Å². The molecule has 1 saturated heterocycles. The normalized spacial score (nSPS) is 18.1. The molecule has 0 saturated carbocycles. The van der Waals surface area contributed by atoms with Crippen LogP contribution in [-0.2, 0) is 17.9 Å². The summed E-state index contributed by atoms with van der Waals surface area (Å²) in [5.41, 5.74) is 6.84. The molecule has 6 rings (SSSR count). The van der Waals surface area contributed by atoms with Gasteiger partial charge in [-0.25, -0.2) is 4.79 Å². The van der Waals surface area contributed by atoms with Crippen LogP contribution >= 0.6 is 0 Å². The number of likely N-dealkylation sites (tertiary alicyclic amines) is 1. The topological polar surface area (TPSA) is 154 Å². The molecule has 3 N–H and O–H groups in total. The molecule has 11 nitrogen and oxygen atoms in total. The molecule has 2 aliphatic heterocycles. The van der Waals surface area contributed by atoms with E-state index in [-0.39, 0.29) is 35.3 Å². The van der Waals surface area contributed by atoms with Gasteiger partial charge >= 0.3 is 5.97 Å². The molecule has 2 aromatic heterocycles. The second-order valence-corrected chi connectivity index (χ2v) is 11.6. The molecule has 0 spiro atoms. The van der Waals surface area contributed by atoms with Crippen molar-refractivity contribution in [2.75, 3.05) is 20.2 Å². The largest absolute Gasteiger partial charge is 0.502 e. The van der Waals surface area contributed by atoms with Gasteiger partial charge in [0.25, 0.3) is 5.56 Å². The highest BCUT2D eigenvalue weighted by Crippen LogP contribution is 2.37. The number of methoxy groups -OCH3 is 1. The molecule has 11 heteroatoms. The third-order valence-electron chi connectivity index (χ3n) is 8.48. The van der Waals surface area contributed by atoms with Gasteiger partial charge in [0, 0.05) is 49.8 Å². The number of nitrogens with zero attached hydrogens (tertiary/aromatic N) is 2. The highest BCUT2D eigenvalue weighted by Gasteiger charge is 2.35. The molecule has 0 radical (unpaired) electrons. The van der Waals surface area contributed by atoms with Crippen molar-refractivity contribution in [3.05, 3.63) is 122 Å². The molecule has 2 bridgehead atoms. The third kappa shape index (κ3) is 6.39. The van der Waals surface area contributed by atoms with Gasteiger partial charge in [-0.15, -0.1) is 0 Å². The van der Waals surface area contributed by atoms with Crippen LogP contribution in [-0.4, -0.2) is 46.6 Å². The number of esters is 1. The Morgan fingerprint density at radius 2 is 1.73 bits per heavy atom. The lowest BCUT2D eigenvalue weighted by atomic mass is 9.83. The summed E-state index contributed by atoms with van der Waals surface area (Å²) >= 11 is 0. The second-order valence-electron chi connectivity index (χ2n) is 11.6. The molecule has 232 valence electrons. The maximum absolute atomic E-state index is 12.9. The van der Waals surface area contributed by atoms with Gasteiger partial charge in [0.2, 0.25) is 17.1 Å². The van der Waals surface area contributed by atoms with Gasteiger partial charge in [0.05, 0.1) is 25.1 Å². The lowest BCUT2D eigenvalue weighted by Crippen LogP contribution is -2.46. The lowest BCUT2D eigenvalue weighted by molar-refractivity contribution is -0.118. The van der Waals surface area contributed by atoms with Crippen LogP contribution in [0.1, 0.15) is 57.8 Å². The number of carbonyl (C=O) groups is 2. The highest BCUT2D eigenvalue weighted by atomic mass is 16.5. The van der Waals surface area contributed by atoms with Gasteiger partial charge in [-0.2, -0.15) is 0 Å². The van der Waals surface area contributed by atoms with E-state index in [1.54, 1.807) is 60.7 Å². The van der Waals surface area contributed by atoms with Gasteiger partial charge in [0.15, 0.2) is 5.76 Å². The van der Waals surface area contributed by atoms with E-state index in [4.69, 9.17) is 19.6 Å². The first kappa shape index (κ1) is 29.9. The van der Waals surface area contributed by atoms with Crippen LogP contribution in [0, 0.1) is 5.92 Å². The van der Waals surface area contributed by atoms with E-state index in [9.17, 15) is 24.3 Å². The quantitative estimate of drug-likeness (QED) is 0.214. The van der Waals surface area contributed by atoms with E-state index < -0.39 is 29.0 Å². The number of hydrogen-bond acceptors (Lipinski definition) is 9. The number of fused-ring (bicyclic) bond motifs is 4. The molecular formula is C34H33N3O8. The van der Waals surface area contributed by atoms with Crippen molar-refractivity contribution in [3.8, 4) is 17.2 Å². The van der Waals surface area contributed by atoms with E-state index >= 15 is 0 Å². The summed E-state index contributed by atoms with van der Waals surface area (Å²) in [6.45, 7) is 2.36. The van der Waals surface area contributed by atoms with Crippen LogP contribution < -0.4 is 26.2 Å². The van der Waals surface area contributed by atoms with Crippen molar-refractivity contribution < 1.29 is 28.6 Å². The van der Waals surface area contributed by atoms with Crippen molar-refractivity contribution in [1.29, 1.82) is 0 Å². The number of amides is 1. The van der Waals surface area contributed by atoms with Crippen LogP contribution in [0.3, 0.4) is 0 Å². The Balaban J connectivity index is 1.22. The number of rotatable bonds is 9. The number of aromatic hydroxyl groups is 1. The third-order valence-corrected chi connectivity index (χ3v) is 8.48. The molecule has 4 heterocycles. The fourth-order valence-corrected chi connectivity index (χ4v) is 6.44. The summed E-state index contributed by atoms with van der Waals surface area (Å²) in [4.78, 5) is 52.2. The molecular weight excluding hydrogens is 578 g/mol. The predicted molar refractivity (Wildman–Crippen MR) is 164 cm³/mol. The second kappa shape index (κ2) is 12.4. The Hall–Kier alpha value is -5.16. The zero-order chi connectivity index (χ0) is 31.7. The van der Waals surface area contributed by atoms with Crippen LogP contribution in [0.25, 0.3) is 0 Å². The Bertz CT molecular complexity index is 1850. The number of carbonyl (C=O) groups excluding carboxylic acids is 2. The maximum atomic E-state index is 12.9. The molecule has 2 aromatic carbocycles. The van der Waals surface area contributed by atoms with E-state index in [0.717, 1.165) is 18.7 Å². The van der Waals surface area contributed by atoms with Crippen molar-refractivity contribution >= 4 is 11.9 Å². The fourth-order valence-electron chi connectivity index (χ4n) is 6.44. The number of benzene rings is 2. The molecule has 1 fully saturated rings. The minimum Gasteiger partial charge on any atom is -0.502 e. The zero-order valence-electron chi connectivity index (χ0n) is 24.7. The number of hydrogen-bond donors (Lipinski definition) is 2. The Labute approximate surface area is 258 Å². The van der Waals surface area contributed by atoms with Crippen LogP contribution in [0.2, 0.25) is 0 Å². The minimum atomic E-state index is -0.860. The van der Waals surface area contributed by atoms with Gasteiger partial charge in [-0.05, 0) is 60.4 Å². The highest BCUT2D eigenvalue weighted by molar-refractivity contribution is 5.91. The molecule has 3 atom stereocenters. The number of nitrogens with two attached hydrogens (primary N) is 1. The van der Waals surface area contributed by atoms with E-state index in [0.29, 0.717) is 42.3 Å². The molecule has 4 aromatic rings. The summed E-state index contributed by atoms with van der Waals surface area (Å²) in [5.74, 6) is -1.06. The Kier molecular flexibility index (Phi) is 8.27. The number of ether oxygens (including phenoxy) is 2. The number of aromatic nitrogens is 1. The fraction of sp³-hybridized carbons (Fsp3) is 0.294. The standard InChI is InChI=1S/C34H33N3O8/c1-43-24-9-7-22(8-10-24)34(42)45-25-11-5-21(6-12-25)27(15-30(35)39)33-32(41)29(38)14-26(44-33)19-36-16-20-13-23(18-36)28-3-2-4-31(40)37(28)17-20/h2-12,14,20,23,27,41H,13,15-19H2,1H3,(H2,35,39). The van der Waals surface area contributed by atoms with Gasteiger partial charge in [0.1, 0.15) is 17.3 Å². The zero-order valence-corrected chi connectivity index (χ0v) is 24.7. The number of pyridine rings is 1. The molecule has 1 amide bonds. The predicted octanol–water partition coefficient (Wildman–Crippen LogP) is 3.36. The smallest absolute Gasteiger partial charge is 0.343 e. The first-order valence-corrected chi connectivity index (χ1v) is 14.7. The summed E-state index contributed by atoms with van der Waals surface area (Å²) in [6, 6.07) is 19.5. The maximum Gasteiger partial charge on any atom is 0.343 e. The average molecular weight is 612 g/mol. The van der Waals surface area contributed by atoms with Crippen LogP contribution in [0.15, 0.2) is 86.8 Å². The summed E-state index contributed by atoms with van der Waals surface area (Å²) in [5, 5.41) is 10.8. The molecule has 45 heavy (non-hydrogen) atoms. The Morgan fingerprint density at radius 1 is 1.00 bits per heavy atom. The SMILES string of the molecule is COc1ccc(C(=O)Oc2ccc(C(CC(N)=O)c3oc(CN4CC5CC(C4)c4cccc(=O)n4C5)cc(=O)c3O)cc2)cc1. The summed E-state index contributed by atoms with van der Waals surface area (Å²) in [6.07, 6.45) is 0.751. The van der Waals surface area contributed by atoms with Gasteiger partial charge < -0.3 is 29.3 Å². The minimum absolute atomic E-state index is 0.00810. The van der Waals surface area contributed by atoms with Crippen molar-refractivity contribution in [2.45, 2.75) is 37.8 Å². The first-order chi connectivity index (χ1) is 21.7. The van der Waals surface area contributed by atoms with E-state index in [1.807, 2.05) is 10.6 Å². The van der Waals surface area contributed by atoms with Crippen LogP contribution in [0.4, 0.5) is 0 Å². The first-order valence-electron chi connectivity index (χ1n) is 14.7. The molecule has 3 unspecified atom stereocenters.